The first-order valence-corrected chi connectivity index (χ1v) is 11.8. The lowest BCUT2D eigenvalue weighted by Gasteiger charge is -2.37. The maximum atomic E-state index is 12.9. The van der Waals surface area contributed by atoms with E-state index < -0.39 is 5.54 Å². The van der Waals surface area contributed by atoms with Crippen LogP contribution in [0.25, 0.3) is 26.8 Å². The Morgan fingerprint density at radius 2 is 2.06 bits per heavy atom. The van der Waals surface area contributed by atoms with Crippen molar-refractivity contribution in [1.82, 2.24) is 29.7 Å². The molecule has 0 bridgehead atoms. The molecule has 0 spiro atoms. The Labute approximate surface area is 196 Å². The molecule has 9 heteroatoms. The number of hydrogen-bond donors (Lipinski definition) is 2. The summed E-state index contributed by atoms with van der Waals surface area (Å²) < 4.78 is 1.13. The molecule has 0 radical (unpaired) electrons. The summed E-state index contributed by atoms with van der Waals surface area (Å²) in [6, 6.07) is 8.19. The molecule has 0 saturated heterocycles. The summed E-state index contributed by atoms with van der Waals surface area (Å²) in [4.78, 5) is 33.5. The van der Waals surface area contributed by atoms with Crippen LogP contribution < -0.4 is 5.32 Å². The van der Waals surface area contributed by atoms with E-state index in [1.165, 1.54) is 5.57 Å². The third-order valence-corrected chi connectivity index (χ3v) is 7.30. The van der Waals surface area contributed by atoms with E-state index in [-0.39, 0.29) is 5.91 Å². The van der Waals surface area contributed by atoms with Crippen LogP contribution in [0.15, 0.2) is 42.2 Å². The number of benzene rings is 1. The Bertz CT molecular complexity index is 1370. The van der Waals surface area contributed by atoms with Crippen molar-refractivity contribution in [2.75, 3.05) is 32.5 Å². The largest absolute Gasteiger partial charge is 0.340 e. The van der Waals surface area contributed by atoms with Gasteiger partial charge in [0.1, 0.15) is 17.8 Å². The third kappa shape index (κ3) is 3.98. The lowest BCUT2D eigenvalue weighted by atomic mass is 9.99. The molecule has 1 amide bonds. The zero-order chi connectivity index (χ0) is 23.2. The summed E-state index contributed by atoms with van der Waals surface area (Å²) >= 11 is 1.62. The van der Waals surface area contributed by atoms with Crippen LogP contribution in [0.1, 0.15) is 26.0 Å². The smallest absolute Gasteiger partial charge is 0.242 e. The molecule has 5 rings (SSSR count). The summed E-state index contributed by atoms with van der Waals surface area (Å²) in [6.07, 6.45) is 4.49. The van der Waals surface area contributed by atoms with Gasteiger partial charge in [0.15, 0.2) is 0 Å². The van der Waals surface area contributed by atoms with Crippen molar-refractivity contribution < 1.29 is 4.79 Å². The van der Waals surface area contributed by atoms with Crippen LogP contribution in [0.5, 0.6) is 0 Å². The fourth-order valence-electron chi connectivity index (χ4n) is 3.96. The summed E-state index contributed by atoms with van der Waals surface area (Å²) in [5.41, 5.74) is 6.28. The Hall–Kier alpha value is -3.30. The maximum Gasteiger partial charge on any atom is 0.242 e. The van der Waals surface area contributed by atoms with Crippen molar-refractivity contribution in [1.29, 1.82) is 0 Å². The molecule has 33 heavy (non-hydrogen) atoms. The lowest BCUT2D eigenvalue weighted by molar-refractivity contribution is -0.140. The molecule has 2 N–H and O–H groups in total. The van der Waals surface area contributed by atoms with Gasteiger partial charge in [-0.15, -0.1) is 11.3 Å². The minimum Gasteiger partial charge on any atom is -0.340 e. The average Bonchev–Trinajstić information content (AvgIpc) is 3.46. The molecule has 0 atom stereocenters. The van der Waals surface area contributed by atoms with E-state index in [1.807, 2.05) is 55.4 Å². The zero-order valence-electron chi connectivity index (χ0n) is 19.2. The second-order valence-corrected chi connectivity index (χ2v) is 9.90. The number of nitrogens with one attached hydrogen (secondary N) is 2. The number of thiazole rings is 1. The maximum absolute atomic E-state index is 12.9. The Morgan fingerprint density at radius 1 is 1.21 bits per heavy atom. The molecule has 0 saturated carbocycles. The summed E-state index contributed by atoms with van der Waals surface area (Å²) in [5, 5.41) is 4.36. The summed E-state index contributed by atoms with van der Waals surface area (Å²) in [7, 11) is 3.88. The van der Waals surface area contributed by atoms with E-state index in [4.69, 9.17) is 0 Å². The van der Waals surface area contributed by atoms with Crippen molar-refractivity contribution in [3.8, 4) is 0 Å². The number of rotatable bonds is 5. The third-order valence-electron chi connectivity index (χ3n) is 6.50. The number of carbonyl (C=O) groups is 1. The molecule has 0 unspecified atom stereocenters. The van der Waals surface area contributed by atoms with Gasteiger partial charge in [-0.3, -0.25) is 9.69 Å². The molecule has 0 aliphatic carbocycles. The molecule has 3 aromatic heterocycles. The van der Waals surface area contributed by atoms with Gasteiger partial charge in [0.25, 0.3) is 0 Å². The molecule has 8 nitrogen and oxygen atoms in total. The highest BCUT2D eigenvalue weighted by molar-refractivity contribution is 7.16. The van der Waals surface area contributed by atoms with Gasteiger partial charge in [-0.05, 0) is 64.2 Å². The van der Waals surface area contributed by atoms with Crippen LogP contribution in [-0.2, 0) is 4.79 Å². The Morgan fingerprint density at radius 3 is 2.82 bits per heavy atom. The average molecular weight is 462 g/mol. The first-order valence-electron chi connectivity index (χ1n) is 10.9. The molecule has 1 aliphatic heterocycles. The number of carbonyl (C=O) groups excluding carboxylic acids is 1. The highest BCUT2D eigenvalue weighted by atomic mass is 32.1. The minimum absolute atomic E-state index is 0.148. The molecule has 0 fully saturated rings. The van der Waals surface area contributed by atoms with Crippen LogP contribution in [0.2, 0.25) is 0 Å². The first-order chi connectivity index (χ1) is 15.8. The quantitative estimate of drug-likeness (QED) is 0.461. The minimum atomic E-state index is -0.523. The van der Waals surface area contributed by atoms with Crippen LogP contribution in [0.3, 0.4) is 0 Å². The molecule has 4 heterocycles. The summed E-state index contributed by atoms with van der Waals surface area (Å²) in [5.74, 6) is 0.905. The number of likely N-dealkylation sites (N-methyl/N-ethyl adjacent to an activating group) is 1. The van der Waals surface area contributed by atoms with E-state index in [9.17, 15) is 4.79 Å². The van der Waals surface area contributed by atoms with Crippen LogP contribution in [0, 0.1) is 0 Å². The van der Waals surface area contributed by atoms with E-state index in [0.717, 1.165) is 44.9 Å². The number of H-pyrrole nitrogens is 1. The second kappa shape index (κ2) is 8.24. The van der Waals surface area contributed by atoms with Crippen molar-refractivity contribution in [2.45, 2.75) is 25.8 Å². The van der Waals surface area contributed by atoms with E-state index in [0.29, 0.717) is 13.1 Å². The number of amides is 1. The topological polar surface area (TPSA) is 90.0 Å². The first kappa shape index (κ1) is 21.5. The number of anilines is 2. The highest BCUT2D eigenvalue weighted by Gasteiger charge is 2.34. The van der Waals surface area contributed by atoms with Crippen LogP contribution in [0.4, 0.5) is 11.5 Å². The van der Waals surface area contributed by atoms with E-state index >= 15 is 0 Å². The van der Waals surface area contributed by atoms with Crippen LogP contribution in [-0.4, -0.2) is 68.4 Å². The van der Waals surface area contributed by atoms with Crippen molar-refractivity contribution in [3.63, 3.8) is 0 Å². The normalized spacial score (nSPS) is 14.8. The van der Waals surface area contributed by atoms with Crippen LogP contribution >= 0.6 is 11.3 Å². The van der Waals surface area contributed by atoms with Gasteiger partial charge >= 0.3 is 0 Å². The number of hydrogen-bond acceptors (Lipinski definition) is 7. The standard InChI is InChI=1S/C24H27N7OS/c1-24(2,30(3)4)23(32)31-9-7-15(8-10-31)19-12-17-21(25-13-26-22(17)29-19)28-16-5-6-18-20(11-16)33-14-27-18/h5-7,11-14H,8-10H2,1-4H3,(H2,25,26,28,29). The molecule has 1 aromatic carbocycles. The van der Waals surface area contributed by atoms with Crippen molar-refractivity contribution >= 4 is 55.6 Å². The van der Waals surface area contributed by atoms with Gasteiger partial charge in [-0.2, -0.15) is 0 Å². The molecule has 1 aliphatic rings. The number of aromatic amines is 1. The fraction of sp³-hybridized carbons (Fsp3) is 0.333. The predicted molar refractivity (Wildman–Crippen MR) is 134 cm³/mol. The number of fused-ring (bicyclic) bond motifs is 2. The van der Waals surface area contributed by atoms with E-state index in [1.54, 1.807) is 17.7 Å². The molecule has 4 aromatic rings. The predicted octanol–water partition coefficient (Wildman–Crippen LogP) is 4.27. The Balaban J connectivity index is 1.38. The van der Waals surface area contributed by atoms with E-state index in [2.05, 4.69) is 43.5 Å². The SMILES string of the molecule is CN(C)C(C)(C)C(=O)N1CC=C(c2cc3c(Nc4ccc5ncsc5c4)ncnc3[nH]2)CC1. The van der Waals surface area contributed by atoms with Gasteiger partial charge in [0, 0.05) is 24.5 Å². The van der Waals surface area contributed by atoms with Gasteiger partial charge < -0.3 is 15.2 Å². The number of nitrogens with zero attached hydrogens (tertiary/aromatic N) is 5. The zero-order valence-corrected chi connectivity index (χ0v) is 20.0. The lowest BCUT2D eigenvalue weighted by Crippen LogP contribution is -2.54. The van der Waals surface area contributed by atoms with Gasteiger partial charge in [-0.25, -0.2) is 15.0 Å². The number of aromatic nitrogens is 4. The molecule has 170 valence electrons. The van der Waals surface area contributed by atoms with Gasteiger partial charge in [0.2, 0.25) is 5.91 Å². The summed E-state index contributed by atoms with van der Waals surface area (Å²) in [6.45, 7) is 5.23. The van der Waals surface area contributed by atoms with Crippen molar-refractivity contribution in [2.24, 2.45) is 0 Å². The Kier molecular flexibility index (Phi) is 5.38. The molecular weight excluding hydrogens is 434 g/mol. The second-order valence-electron chi connectivity index (χ2n) is 9.01. The highest BCUT2D eigenvalue weighted by Crippen LogP contribution is 2.31. The van der Waals surface area contributed by atoms with Gasteiger partial charge in [0.05, 0.1) is 26.7 Å². The monoisotopic (exact) mass is 461 g/mol. The van der Waals surface area contributed by atoms with Crippen molar-refractivity contribution in [3.05, 3.63) is 47.9 Å². The van der Waals surface area contributed by atoms with Gasteiger partial charge in [-0.1, -0.05) is 6.08 Å². The fourth-order valence-corrected chi connectivity index (χ4v) is 4.67. The molecular formula is C24H27N7OS.